The van der Waals surface area contributed by atoms with Gasteiger partial charge in [-0.25, -0.2) is 0 Å². The van der Waals surface area contributed by atoms with E-state index in [1.165, 1.54) is 4.90 Å². The molecule has 274 valence electrons. The Balaban J connectivity index is 1.21. The molecule has 0 spiro atoms. The molecule has 9 aromatic carbocycles. The number of rotatable bonds is 7. The van der Waals surface area contributed by atoms with Gasteiger partial charge in [0.25, 0.3) is 0 Å². The van der Waals surface area contributed by atoms with E-state index >= 15 is 0 Å². The molecule has 0 fully saturated rings. The second kappa shape index (κ2) is 14.1. The number of benzene rings is 9. The minimum absolute atomic E-state index is 0.0841. The molecule has 0 saturated carbocycles. The van der Waals surface area contributed by atoms with Crippen molar-refractivity contribution in [1.29, 1.82) is 0 Å². The molecule has 0 radical (unpaired) electrons. The molecule has 2 aliphatic rings. The number of hydrogen-bond donors (Lipinski definition) is 0. The first-order chi connectivity index (χ1) is 34.2. The first-order valence-corrected chi connectivity index (χ1v) is 19.2. The molecule has 0 bridgehead atoms. The van der Waals surface area contributed by atoms with Crippen molar-refractivity contribution in [3.8, 4) is 22.3 Å². The summed E-state index contributed by atoms with van der Waals surface area (Å²) in [6, 6.07) is 41.9. The Morgan fingerprint density at radius 2 is 1.12 bits per heavy atom. The lowest BCUT2D eigenvalue weighted by Gasteiger charge is -2.36. The van der Waals surface area contributed by atoms with Crippen molar-refractivity contribution in [1.82, 2.24) is 0 Å². The topological polar surface area (TPSA) is 3.24 Å². The van der Waals surface area contributed by atoms with Gasteiger partial charge in [0.2, 0.25) is 0 Å². The van der Waals surface area contributed by atoms with Gasteiger partial charge in [0.05, 0.1) is 27.9 Å². The van der Waals surface area contributed by atoms with Crippen LogP contribution in [-0.4, -0.2) is 6.04 Å². The standard InChI is InChI=1S/C57H41N/c1-4-16-40(17-5-1)41-28-32-46(33-29-41)58(47-34-30-42(31-35-47)54-38-43-18-10-11-23-49(43)50-24-12-13-25-51(50)54)48-36-37-53-52-26-14-15-27-55(52)57(56(53)39-48,44-19-6-2-7-20-44)45-21-8-3-9-22-45/h1-34,36-39,47H,35H2/i1D,4D,5D,16D,17D,28D,29D,30D,31D,32D,33D,34D,35D. The number of nitrogens with zero attached hydrogens (tertiary/aromatic N) is 1. The van der Waals surface area contributed by atoms with Crippen LogP contribution in [0, 0.1) is 0 Å². The predicted octanol–water partition coefficient (Wildman–Crippen LogP) is 14.6. The molecule has 0 aliphatic heterocycles. The Labute approximate surface area is 358 Å². The predicted molar refractivity (Wildman–Crippen MR) is 245 cm³/mol. The minimum atomic E-state index is -1.64. The molecule has 0 amide bonds. The van der Waals surface area contributed by atoms with Crippen LogP contribution in [0.2, 0.25) is 0 Å². The summed E-state index contributed by atoms with van der Waals surface area (Å²) in [5.41, 5.74) is 3.93. The van der Waals surface area contributed by atoms with E-state index < -0.39 is 89.4 Å². The van der Waals surface area contributed by atoms with E-state index in [0.717, 1.165) is 54.9 Å². The maximum atomic E-state index is 10.0. The van der Waals surface area contributed by atoms with Gasteiger partial charge < -0.3 is 4.90 Å². The van der Waals surface area contributed by atoms with Crippen molar-refractivity contribution < 1.29 is 17.8 Å². The molecule has 9 aromatic rings. The summed E-state index contributed by atoms with van der Waals surface area (Å²) in [6.45, 7) is 0. The number of fused-ring (bicyclic) bond motifs is 6. The van der Waals surface area contributed by atoms with E-state index in [-0.39, 0.29) is 29.1 Å². The number of hydrogen-bond acceptors (Lipinski definition) is 1. The first-order valence-electron chi connectivity index (χ1n) is 25.8. The van der Waals surface area contributed by atoms with Crippen LogP contribution >= 0.6 is 0 Å². The fourth-order valence-electron chi connectivity index (χ4n) is 8.87. The van der Waals surface area contributed by atoms with Crippen molar-refractivity contribution in [2.24, 2.45) is 0 Å². The van der Waals surface area contributed by atoms with Crippen LogP contribution in [0.3, 0.4) is 0 Å². The Kier molecular flexibility index (Phi) is 5.60. The van der Waals surface area contributed by atoms with Crippen molar-refractivity contribution in [2.45, 2.75) is 17.9 Å². The largest absolute Gasteiger partial charge is 0.334 e. The Morgan fingerprint density at radius 3 is 1.88 bits per heavy atom. The maximum Gasteiger partial charge on any atom is 0.0714 e. The summed E-state index contributed by atoms with van der Waals surface area (Å²) in [6.07, 6.45) is -1.64. The highest BCUT2D eigenvalue weighted by Gasteiger charge is 2.46. The van der Waals surface area contributed by atoms with Crippen molar-refractivity contribution in [3.63, 3.8) is 0 Å². The Bertz CT molecular complexity index is 3680. The Morgan fingerprint density at radius 1 is 0.500 bits per heavy atom. The molecule has 58 heavy (non-hydrogen) atoms. The molecule has 2 aliphatic carbocycles. The highest BCUT2D eigenvalue weighted by atomic mass is 15.2. The third kappa shape index (κ3) is 5.46. The molecule has 0 saturated heterocycles. The molecule has 1 nitrogen and oxygen atoms in total. The minimum Gasteiger partial charge on any atom is -0.334 e. The molecule has 0 N–H and O–H groups in total. The summed E-state index contributed by atoms with van der Waals surface area (Å²) in [5.74, 6) is 0. The molecule has 0 aromatic heterocycles. The molecule has 11 rings (SSSR count). The van der Waals surface area contributed by atoms with Crippen LogP contribution in [0.4, 0.5) is 11.4 Å². The van der Waals surface area contributed by atoms with Gasteiger partial charge in [0.1, 0.15) is 0 Å². The fourth-order valence-corrected chi connectivity index (χ4v) is 8.87. The van der Waals surface area contributed by atoms with Crippen molar-refractivity contribution in [2.75, 3.05) is 4.90 Å². The molecular formula is C57H41N. The molecule has 2 unspecified atom stereocenters. The van der Waals surface area contributed by atoms with Crippen LogP contribution in [0.25, 0.3) is 49.4 Å². The smallest absolute Gasteiger partial charge is 0.0714 e. The number of allylic oxidation sites excluding steroid dienone is 2. The lowest BCUT2D eigenvalue weighted by atomic mass is 9.67. The second-order valence-corrected chi connectivity index (χ2v) is 14.4. The van der Waals surface area contributed by atoms with Crippen LogP contribution in [0.5, 0.6) is 0 Å². The summed E-state index contributed by atoms with van der Waals surface area (Å²) >= 11 is 0. The van der Waals surface area contributed by atoms with E-state index in [9.17, 15) is 11.0 Å². The van der Waals surface area contributed by atoms with E-state index in [0.29, 0.717) is 5.56 Å². The highest BCUT2D eigenvalue weighted by Crippen LogP contribution is 2.57. The fraction of sp³-hybridized carbons (Fsp3) is 0.0526. The van der Waals surface area contributed by atoms with Gasteiger partial charge in [-0.15, -0.1) is 0 Å². The Hall–Kier alpha value is -7.22. The molecule has 0 heterocycles. The van der Waals surface area contributed by atoms with Crippen LogP contribution in [0.1, 0.15) is 52.0 Å². The second-order valence-electron chi connectivity index (χ2n) is 14.4. The van der Waals surface area contributed by atoms with Gasteiger partial charge >= 0.3 is 0 Å². The summed E-state index contributed by atoms with van der Waals surface area (Å²) in [7, 11) is 0. The zero-order valence-corrected chi connectivity index (χ0v) is 31.1. The van der Waals surface area contributed by atoms with Gasteiger partial charge in [-0.05, 0) is 114 Å². The van der Waals surface area contributed by atoms with E-state index in [4.69, 9.17) is 6.85 Å². The zero-order chi connectivity index (χ0) is 49.8. The average molecular weight is 753 g/mol. The first kappa shape index (κ1) is 23.1. The van der Waals surface area contributed by atoms with Crippen molar-refractivity contribution >= 4 is 38.5 Å². The van der Waals surface area contributed by atoms with Crippen LogP contribution in [-0.2, 0) is 5.41 Å². The van der Waals surface area contributed by atoms with Gasteiger partial charge in [-0.3, -0.25) is 0 Å². The third-order valence-corrected chi connectivity index (χ3v) is 11.4. The van der Waals surface area contributed by atoms with Crippen molar-refractivity contribution in [3.05, 3.63) is 258 Å². The summed E-state index contributed by atoms with van der Waals surface area (Å²) in [4.78, 5) is 1.37. The van der Waals surface area contributed by atoms with E-state index in [1.54, 1.807) is 6.07 Å². The highest BCUT2D eigenvalue weighted by molar-refractivity contribution is 6.12. The van der Waals surface area contributed by atoms with Gasteiger partial charge in [0.15, 0.2) is 0 Å². The lowest BCUT2D eigenvalue weighted by Crippen LogP contribution is -2.31. The SMILES string of the molecule is [2H]C1=C([2H])C(N(c2ccc3c(c2)C(c2ccccc2)(c2ccccc2)c2ccccc2-3)c2c([2H])c([2H])c(-c3c([2H])c([2H])c([2H])c([2H])c3[2H])c([2H])c2[2H])C([2H])C([2H])=C1c1cc2ccccc2c2ccccc12. The maximum absolute atomic E-state index is 10.0. The van der Waals surface area contributed by atoms with Crippen LogP contribution in [0.15, 0.2) is 230 Å². The summed E-state index contributed by atoms with van der Waals surface area (Å²) in [5, 5.41) is 3.39. The number of anilines is 2. The molecule has 1 heteroatoms. The molecule has 2 atom stereocenters. The molecular weight excluding hydrogens is 699 g/mol. The quantitative estimate of drug-likeness (QED) is 0.147. The normalized spacial score (nSPS) is 20.1. The van der Waals surface area contributed by atoms with Gasteiger partial charge in [-0.2, -0.15) is 0 Å². The van der Waals surface area contributed by atoms with E-state index in [1.807, 2.05) is 121 Å². The third-order valence-electron chi connectivity index (χ3n) is 11.4. The van der Waals surface area contributed by atoms with Gasteiger partial charge in [-0.1, -0.05) is 200 Å². The lowest BCUT2D eigenvalue weighted by molar-refractivity contribution is 0.761. The average Bonchev–Trinajstić information content (AvgIpc) is 3.70. The zero-order valence-electron chi connectivity index (χ0n) is 44.1. The summed E-state index contributed by atoms with van der Waals surface area (Å²) < 4.78 is 121. The monoisotopic (exact) mass is 752 g/mol. The van der Waals surface area contributed by atoms with E-state index in [2.05, 4.69) is 30.3 Å². The van der Waals surface area contributed by atoms with Gasteiger partial charge in [0, 0.05) is 12.7 Å². The van der Waals surface area contributed by atoms with Crippen LogP contribution < -0.4 is 4.90 Å².